The van der Waals surface area contributed by atoms with Crippen LogP contribution in [0.1, 0.15) is 12.0 Å². The SMILES string of the molecule is Cl.NC(=O)[C@@H]1C[C@@]2(CN1)ONc1ccc(Br)cc12. The number of primary amides is 1. The highest BCUT2D eigenvalue weighted by Gasteiger charge is 2.48. The monoisotopic (exact) mass is 333 g/mol. The average Bonchev–Trinajstić information content (AvgIpc) is 2.86. The summed E-state index contributed by atoms with van der Waals surface area (Å²) >= 11 is 3.44. The number of benzene rings is 1. The molecule has 18 heavy (non-hydrogen) atoms. The smallest absolute Gasteiger partial charge is 0.234 e. The first-order chi connectivity index (χ1) is 8.11. The maximum absolute atomic E-state index is 11.2. The number of fused-ring (bicyclic) bond motifs is 2. The topological polar surface area (TPSA) is 76.4 Å². The van der Waals surface area contributed by atoms with Crippen molar-refractivity contribution in [1.82, 2.24) is 5.32 Å². The fraction of sp³-hybridized carbons (Fsp3) is 0.364. The fourth-order valence-electron chi connectivity index (χ4n) is 2.44. The molecule has 0 bridgehead atoms. The van der Waals surface area contributed by atoms with Crippen LogP contribution in [0.15, 0.2) is 22.7 Å². The van der Waals surface area contributed by atoms with Gasteiger partial charge in [-0.15, -0.1) is 12.4 Å². The molecule has 0 radical (unpaired) electrons. The van der Waals surface area contributed by atoms with Crippen LogP contribution in [0.4, 0.5) is 5.69 Å². The summed E-state index contributed by atoms with van der Waals surface area (Å²) in [5.74, 6) is -0.339. The molecule has 1 saturated heterocycles. The van der Waals surface area contributed by atoms with E-state index in [2.05, 4.69) is 26.7 Å². The van der Waals surface area contributed by atoms with Crippen molar-refractivity contribution in [3.05, 3.63) is 28.2 Å². The number of halogens is 2. The van der Waals surface area contributed by atoms with Crippen LogP contribution in [0.3, 0.4) is 0 Å². The Morgan fingerprint density at radius 3 is 3.00 bits per heavy atom. The van der Waals surface area contributed by atoms with E-state index in [9.17, 15) is 4.79 Å². The van der Waals surface area contributed by atoms with Gasteiger partial charge in [-0.2, -0.15) is 0 Å². The molecule has 1 amide bonds. The number of nitrogens with two attached hydrogens (primary N) is 1. The first kappa shape index (κ1) is 13.6. The molecule has 7 heteroatoms. The molecular weight excluding hydrogens is 321 g/mol. The summed E-state index contributed by atoms with van der Waals surface area (Å²) in [5.41, 5.74) is 9.73. The molecule has 2 heterocycles. The van der Waals surface area contributed by atoms with Gasteiger partial charge in [0, 0.05) is 23.0 Å². The normalized spacial score (nSPS) is 28.6. The van der Waals surface area contributed by atoms with Gasteiger partial charge in [0.15, 0.2) is 0 Å². The maximum Gasteiger partial charge on any atom is 0.234 e. The van der Waals surface area contributed by atoms with Gasteiger partial charge in [0.25, 0.3) is 0 Å². The number of amides is 1. The molecule has 98 valence electrons. The minimum Gasteiger partial charge on any atom is -0.368 e. The van der Waals surface area contributed by atoms with Gasteiger partial charge in [0.05, 0.1) is 11.7 Å². The maximum atomic E-state index is 11.2. The van der Waals surface area contributed by atoms with Gasteiger partial charge < -0.3 is 11.1 Å². The van der Waals surface area contributed by atoms with Crippen LogP contribution in [0.2, 0.25) is 0 Å². The van der Waals surface area contributed by atoms with E-state index in [1.54, 1.807) is 0 Å². The molecule has 2 aliphatic rings. The molecule has 1 aromatic rings. The van der Waals surface area contributed by atoms with Gasteiger partial charge in [-0.1, -0.05) is 15.9 Å². The molecule has 0 saturated carbocycles. The molecule has 0 unspecified atom stereocenters. The molecule has 3 rings (SSSR count). The van der Waals surface area contributed by atoms with Gasteiger partial charge in [-0.05, 0) is 18.2 Å². The lowest BCUT2D eigenvalue weighted by Gasteiger charge is -2.20. The third-order valence-electron chi connectivity index (χ3n) is 3.34. The molecular formula is C11H13BrClN3O2. The summed E-state index contributed by atoms with van der Waals surface area (Å²) in [6, 6.07) is 5.58. The van der Waals surface area contributed by atoms with E-state index in [4.69, 9.17) is 10.6 Å². The summed E-state index contributed by atoms with van der Waals surface area (Å²) < 4.78 is 0.991. The average molecular weight is 335 g/mol. The summed E-state index contributed by atoms with van der Waals surface area (Å²) in [6.07, 6.45) is 0.554. The Morgan fingerprint density at radius 2 is 2.33 bits per heavy atom. The Bertz CT molecular complexity index is 499. The Hall–Kier alpha value is -0.820. The second kappa shape index (κ2) is 4.70. The van der Waals surface area contributed by atoms with Crippen molar-refractivity contribution in [2.75, 3.05) is 12.0 Å². The Morgan fingerprint density at radius 1 is 1.56 bits per heavy atom. The van der Waals surface area contributed by atoms with Gasteiger partial charge in [-0.25, -0.2) is 0 Å². The number of carbonyl (C=O) groups is 1. The molecule has 2 atom stereocenters. The van der Waals surface area contributed by atoms with E-state index < -0.39 is 5.60 Å². The van der Waals surface area contributed by atoms with Crippen LogP contribution in [-0.2, 0) is 15.2 Å². The van der Waals surface area contributed by atoms with Crippen LogP contribution < -0.4 is 16.5 Å². The molecule has 1 fully saturated rings. The van der Waals surface area contributed by atoms with E-state index in [0.29, 0.717) is 13.0 Å². The lowest BCUT2D eigenvalue weighted by atomic mass is 9.91. The van der Waals surface area contributed by atoms with Crippen molar-refractivity contribution >= 4 is 39.9 Å². The van der Waals surface area contributed by atoms with E-state index in [-0.39, 0.29) is 24.4 Å². The van der Waals surface area contributed by atoms with Crippen LogP contribution in [-0.4, -0.2) is 18.5 Å². The van der Waals surface area contributed by atoms with E-state index in [1.807, 2.05) is 18.2 Å². The van der Waals surface area contributed by atoms with Crippen molar-refractivity contribution in [2.24, 2.45) is 5.73 Å². The van der Waals surface area contributed by atoms with Gasteiger partial charge in [-0.3, -0.25) is 15.1 Å². The van der Waals surface area contributed by atoms with Crippen LogP contribution >= 0.6 is 28.3 Å². The van der Waals surface area contributed by atoms with Gasteiger partial charge in [0.1, 0.15) is 5.60 Å². The van der Waals surface area contributed by atoms with Crippen molar-refractivity contribution < 1.29 is 9.63 Å². The van der Waals surface area contributed by atoms with Crippen LogP contribution in [0.5, 0.6) is 0 Å². The minimum absolute atomic E-state index is 0. The lowest BCUT2D eigenvalue weighted by Crippen LogP contribution is -2.36. The zero-order chi connectivity index (χ0) is 12.0. The Balaban J connectivity index is 0.00000120. The molecule has 5 nitrogen and oxygen atoms in total. The molecule has 0 aromatic heterocycles. The summed E-state index contributed by atoms with van der Waals surface area (Å²) in [7, 11) is 0. The second-order valence-electron chi connectivity index (χ2n) is 4.43. The first-order valence-corrected chi connectivity index (χ1v) is 6.17. The largest absolute Gasteiger partial charge is 0.368 e. The van der Waals surface area contributed by atoms with E-state index in [0.717, 1.165) is 15.7 Å². The predicted octanol–water partition coefficient (Wildman–Crippen LogP) is 1.27. The predicted molar refractivity (Wildman–Crippen MR) is 73.4 cm³/mol. The van der Waals surface area contributed by atoms with E-state index in [1.165, 1.54) is 0 Å². The molecule has 0 aliphatic carbocycles. The highest BCUT2D eigenvalue weighted by Crippen LogP contribution is 2.44. The Kier molecular flexibility index (Phi) is 3.55. The van der Waals surface area contributed by atoms with Crippen molar-refractivity contribution in [3.8, 4) is 0 Å². The van der Waals surface area contributed by atoms with E-state index >= 15 is 0 Å². The standard InChI is InChI=1S/C11H12BrN3O2.ClH/c12-6-1-2-8-7(3-6)11(17-15-8)4-9(10(13)16)14-5-11;/h1-3,9,14-15H,4-5H2,(H2,13,16);1H/t9-,11-;/m0./s1. The number of nitrogens with one attached hydrogen (secondary N) is 2. The number of rotatable bonds is 1. The number of hydrogen-bond donors (Lipinski definition) is 3. The van der Waals surface area contributed by atoms with Crippen molar-refractivity contribution in [2.45, 2.75) is 18.1 Å². The first-order valence-electron chi connectivity index (χ1n) is 5.37. The molecule has 1 spiro atoms. The minimum atomic E-state index is -0.487. The fourth-order valence-corrected chi connectivity index (χ4v) is 2.80. The zero-order valence-electron chi connectivity index (χ0n) is 9.40. The number of hydrogen-bond acceptors (Lipinski definition) is 4. The second-order valence-corrected chi connectivity index (χ2v) is 5.34. The van der Waals surface area contributed by atoms with Crippen molar-refractivity contribution in [1.29, 1.82) is 0 Å². The third kappa shape index (κ3) is 1.99. The molecule has 2 aliphatic heterocycles. The summed E-state index contributed by atoms with van der Waals surface area (Å²) in [4.78, 5) is 16.9. The Labute approximate surface area is 119 Å². The zero-order valence-corrected chi connectivity index (χ0v) is 11.8. The van der Waals surface area contributed by atoms with Crippen LogP contribution in [0.25, 0.3) is 0 Å². The highest BCUT2D eigenvalue weighted by atomic mass is 79.9. The lowest BCUT2D eigenvalue weighted by molar-refractivity contribution is -0.120. The third-order valence-corrected chi connectivity index (χ3v) is 3.83. The molecule has 1 aromatic carbocycles. The number of anilines is 1. The van der Waals surface area contributed by atoms with Gasteiger partial charge >= 0.3 is 0 Å². The van der Waals surface area contributed by atoms with Crippen LogP contribution in [0, 0.1) is 0 Å². The number of carbonyl (C=O) groups excluding carboxylic acids is 1. The van der Waals surface area contributed by atoms with Crippen molar-refractivity contribution in [3.63, 3.8) is 0 Å². The summed E-state index contributed by atoms with van der Waals surface area (Å²) in [6.45, 7) is 0.580. The molecule has 4 N–H and O–H groups in total. The quantitative estimate of drug-likeness (QED) is 0.723. The van der Waals surface area contributed by atoms with Gasteiger partial charge in [0.2, 0.25) is 5.91 Å². The highest BCUT2D eigenvalue weighted by molar-refractivity contribution is 9.10. The summed E-state index contributed by atoms with van der Waals surface area (Å²) in [5, 5.41) is 3.09.